The monoisotopic (exact) mass is 173 g/mol. The van der Waals surface area contributed by atoms with Crippen LogP contribution in [-0.4, -0.2) is 48.5 Å². The Balaban J connectivity index is 2.60. The van der Waals surface area contributed by atoms with Gasteiger partial charge in [0.1, 0.15) is 0 Å². The Bertz CT molecular complexity index is 149. The zero-order valence-corrected chi connectivity index (χ0v) is 8.32. The summed E-state index contributed by atoms with van der Waals surface area (Å²) in [6.45, 7) is 3.98. The minimum absolute atomic E-state index is 0.0406. The molecule has 0 aromatic heterocycles. The molecule has 1 unspecified atom stereocenters. The van der Waals surface area contributed by atoms with Crippen LogP contribution >= 0.6 is 0 Å². The minimum Gasteiger partial charge on any atom is -0.389 e. The fourth-order valence-electron chi connectivity index (χ4n) is 1.81. The smallest absolute Gasteiger partial charge is 0.0954 e. The molecule has 12 heavy (non-hydrogen) atoms. The summed E-state index contributed by atoms with van der Waals surface area (Å²) in [5.74, 6) is 0. The molecule has 0 spiro atoms. The first-order chi connectivity index (χ1) is 5.52. The molecule has 0 aliphatic carbocycles. The summed E-state index contributed by atoms with van der Waals surface area (Å²) in [7, 11) is 4.00. The minimum atomic E-state index is -0.351. The Morgan fingerprint density at radius 2 is 1.92 bits per heavy atom. The van der Waals surface area contributed by atoms with Crippen molar-refractivity contribution in [2.45, 2.75) is 44.6 Å². The van der Waals surface area contributed by atoms with E-state index in [2.05, 4.69) is 11.8 Å². The molecule has 4 atom stereocenters. The van der Waals surface area contributed by atoms with Gasteiger partial charge >= 0.3 is 0 Å². The van der Waals surface area contributed by atoms with Gasteiger partial charge in [-0.15, -0.1) is 0 Å². The molecule has 3 nitrogen and oxygen atoms in total. The van der Waals surface area contributed by atoms with E-state index >= 15 is 0 Å². The van der Waals surface area contributed by atoms with Crippen molar-refractivity contribution in [2.24, 2.45) is 0 Å². The van der Waals surface area contributed by atoms with E-state index in [1.807, 2.05) is 21.0 Å². The van der Waals surface area contributed by atoms with E-state index in [4.69, 9.17) is 4.74 Å². The summed E-state index contributed by atoms with van der Waals surface area (Å²) < 4.78 is 5.50. The quantitative estimate of drug-likeness (QED) is 0.626. The molecule has 1 rings (SSSR count). The van der Waals surface area contributed by atoms with Crippen molar-refractivity contribution in [1.29, 1.82) is 0 Å². The molecule has 72 valence electrons. The maximum absolute atomic E-state index is 9.76. The highest BCUT2D eigenvalue weighted by molar-refractivity contribution is 4.86. The molecule has 1 aliphatic rings. The summed E-state index contributed by atoms with van der Waals surface area (Å²) in [5, 5.41) is 9.76. The molecule has 1 aliphatic heterocycles. The molecule has 1 fully saturated rings. The average Bonchev–Trinajstić information content (AvgIpc) is 1.96. The first kappa shape index (κ1) is 9.96. The molecule has 0 aromatic carbocycles. The van der Waals surface area contributed by atoms with Gasteiger partial charge in [0.2, 0.25) is 0 Å². The van der Waals surface area contributed by atoms with Crippen LogP contribution in [-0.2, 0) is 4.74 Å². The van der Waals surface area contributed by atoms with Crippen molar-refractivity contribution in [3.63, 3.8) is 0 Å². The Labute approximate surface area is 74.3 Å². The normalized spacial score (nSPS) is 43.5. The lowest BCUT2D eigenvalue weighted by Gasteiger charge is -2.40. The van der Waals surface area contributed by atoms with Crippen LogP contribution in [0.25, 0.3) is 0 Å². The molecule has 0 amide bonds. The van der Waals surface area contributed by atoms with Crippen molar-refractivity contribution in [3.05, 3.63) is 0 Å². The van der Waals surface area contributed by atoms with Gasteiger partial charge in [-0.3, -0.25) is 0 Å². The van der Waals surface area contributed by atoms with E-state index < -0.39 is 0 Å². The molecule has 0 radical (unpaired) electrons. The van der Waals surface area contributed by atoms with Crippen LogP contribution in [0.1, 0.15) is 20.3 Å². The predicted molar refractivity (Wildman–Crippen MR) is 48.1 cm³/mol. The van der Waals surface area contributed by atoms with Crippen molar-refractivity contribution < 1.29 is 9.84 Å². The third-order valence-corrected chi connectivity index (χ3v) is 2.56. The van der Waals surface area contributed by atoms with Crippen LogP contribution in [0.15, 0.2) is 0 Å². The van der Waals surface area contributed by atoms with E-state index in [0.29, 0.717) is 0 Å². The Morgan fingerprint density at radius 3 is 2.42 bits per heavy atom. The van der Waals surface area contributed by atoms with Crippen LogP contribution in [0.3, 0.4) is 0 Å². The predicted octanol–water partition coefficient (Wildman–Crippen LogP) is 0.475. The molecule has 1 saturated heterocycles. The molecular weight excluding hydrogens is 154 g/mol. The SMILES string of the molecule is C[C@@H]1CC(N(C)C)[C@@H](O)[C@H](C)O1. The van der Waals surface area contributed by atoms with Gasteiger partial charge in [0, 0.05) is 6.04 Å². The second-order valence-corrected chi connectivity index (χ2v) is 3.91. The van der Waals surface area contributed by atoms with E-state index in [1.54, 1.807) is 0 Å². The molecule has 0 aromatic rings. The standard InChI is InChI=1S/C9H19NO2/c1-6-5-8(10(3)4)9(11)7(2)12-6/h6-9,11H,5H2,1-4H3/t6-,7+,8?,9+/m1/s1. The highest BCUT2D eigenvalue weighted by atomic mass is 16.5. The third kappa shape index (κ3) is 1.97. The van der Waals surface area contributed by atoms with Crippen LogP contribution < -0.4 is 0 Å². The Kier molecular flexibility index (Phi) is 3.09. The number of hydrogen-bond donors (Lipinski definition) is 1. The van der Waals surface area contributed by atoms with Gasteiger partial charge in [0.25, 0.3) is 0 Å². The van der Waals surface area contributed by atoms with Crippen LogP contribution in [0.2, 0.25) is 0 Å². The Hall–Kier alpha value is -0.120. The van der Waals surface area contributed by atoms with E-state index in [1.165, 1.54) is 0 Å². The number of hydrogen-bond acceptors (Lipinski definition) is 3. The van der Waals surface area contributed by atoms with E-state index in [9.17, 15) is 5.11 Å². The van der Waals surface area contributed by atoms with Crippen LogP contribution in [0.4, 0.5) is 0 Å². The summed E-state index contributed by atoms with van der Waals surface area (Å²) in [5.41, 5.74) is 0. The third-order valence-electron chi connectivity index (χ3n) is 2.56. The maximum Gasteiger partial charge on any atom is 0.0954 e. The van der Waals surface area contributed by atoms with Gasteiger partial charge in [-0.25, -0.2) is 0 Å². The number of rotatable bonds is 1. The number of ether oxygens (including phenoxy) is 1. The molecule has 1 N–H and O–H groups in total. The first-order valence-electron chi connectivity index (χ1n) is 4.52. The summed E-state index contributed by atoms with van der Waals surface area (Å²) in [4.78, 5) is 2.07. The molecule has 0 saturated carbocycles. The van der Waals surface area contributed by atoms with E-state index in [0.717, 1.165) is 6.42 Å². The van der Waals surface area contributed by atoms with Gasteiger partial charge in [-0.1, -0.05) is 0 Å². The Morgan fingerprint density at radius 1 is 1.33 bits per heavy atom. The highest BCUT2D eigenvalue weighted by Gasteiger charge is 2.34. The number of aliphatic hydroxyl groups is 1. The topological polar surface area (TPSA) is 32.7 Å². The lowest BCUT2D eigenvalue weighted by Crippen LogP contribution is -2.52. The van der Waals surface area contributed by atoms with Crippen molar-refractivity contribution >= 4 is 0 Å². The van der Waals surface area contributed by atoms with Crippen LogP contribution in [0.5, 0.6) is 0 Å². The zero-order valence-electron chi connectivity index (χ0n) is 8.32. The second-order valence-electron chi connectivity index (χ2n) is 3.91. The average molecular weight is 173 g/mol. The maximum atomic E-state index is 9.76. The van der Waals surface area contributed by atoms with Crippen molar-refractivity contribution in [1.82, 2.24) is 4.90 Å². The lowest BCUT2D eigenvalue weighted by atomic mass is 9.96. The van der Waals surface area contributed by atoms with Crippen LogP contribution in [0, 0.1) is 0 Å². The summed E-state index contributed by atoms with van der Waals surface area (Å²) in [6, 6.07) is 0.240. The summed E-state index contributed by atoms with van der Waals surface area (Å²) >= 11 is 0. The van der Waals surface area contributed by atoms with Gasteiger partial charge in [-0.05, 0) is 34.4 Å². The number of aliphatic hydroxyl groups excluding tert-OH is 1. The summed E-state index contributed by atoms with van der Waals surface area (Å²) in [6.07, 6.45) is 0.784. The zero-order chi connectivity index (χ0) is 9.30. The fourth-order valence-corrected chi connectivity index (χ4v) is 1.81. The molecule has 1 heterocycles. The first-order valence-corrected chi connectivity index (χ1v) is 4.52. The second kappa shape index (κ2) is 3.73. The number of nitrogens with zero attached hydrogens (tertiary/aromatic N) is 1. The highest BCUT2D eigenvalue weighted by Crippen LogP contribution is 2.22. The van der Waals surface area contributed by atoms with E-state index in [-0.39, 0.29) is 24.4 Å². The van der Waals surface area contributed by atoms with Gasteiger partial charge in [0.05, 0.1) is 18.3 Å². The van der Waals surface area contributed by atoms with Crippen molar-refractivity contribution in [2.75, 3.05) is 14.1 Å². The van der Waals surface area contributed by atoms with Gasteiger partial charge < -0.3 is 14.7 Å². The molecule has 0 bridgehead atoms. The molecular formula is C9H19NO2. The van der Waals surface area contributed by atoms with Gasteiger partial charge in [0.15, 0.2) is 0 Å². The molecule has 3 heteroatoms. The van der Waals surface area contributed by atoms with Crippen molar-refractivity contribution in [3.8, 4) is 0 Å². The van der Waals surface area contributed by atoms with Gasteiger partial charge in [-0.2, -0.15) is 0 Å². The largest absolute Gasteiger partial charge is 0.389 e. The fraction of sp³-hybridized carbons (Fsp3) is 1.00. The lowest BCUT2D eigenvalue weighted by molar-refractivity contribution is -0.134. The number of likely N-dealkylation sites (N-methyl/N-ethyl adjacent to an activating group) is 1.